The van der Waals surface area contributed by atoms with E-state index in [2.05, 4.69) is 0 Å². The molecule has 0 radical (unpaired) electrons. The van der Waals surface area contributed by atoms with Crippen LogP contribution in [0.5, 0.6) is 5.75 Å². The maximum Gasteiger partial charge on any atom is 0.213 e. The topological polar surface area (TPSA) is 95.4 Å². The van der Waals surface area contributed by atoms with Crippen LogP contribution in [-0.2, 0) is 15.8 Å². The molecule has 0 aliphatic rings. The van der Waals surface area contributed by atoms with E-state index in [1.54, 1.807) is 12.1 Å². The molecule has 78 valence electrons. The standard InChI is InChI=1S/C8H12N2O3S/c1-13-8-3-2-7(9)4-6(8)5-14(10,11)12/h2-4H,5,9H2,1H3,(H2,10,11,12). The minimum Gasteiger partial charge on any atom is -0.496 e. The minimum atomic E-state index is -3.56. The number of sulfonamides is 1. The summed E-state index contributed by atoms with van der Waals surface area (Å²) < 4.78 is 26.7. The zero-order valence-electron chi connectivity index (χ0n) is 7.73. The Kier molecular flexibility index (Phi) is 2.97. The third kappa shape index (κ3) is 2.90. The molecule has 1 aromatic rings. The Morgan fingerprint density at radius 2 is 2.07 bits per heavy atom. The molecule has 0 bridgehead atoms. The first-order valence-corrected chi connectivity index (χ1v) is 5.57. The molecule has 0 saturated heterocycles. The molecule has 0 aliphatic heterocycles. The molecule has 0 atom stereocenters. The Bertz CT molecular complexity index is 428. The lowest BCUT2D eigenvalue weighted by atomic mass is 10.2. The van der Waals surface area contributed by atoms with Gasteiger partial charge in [0.25, 0.3) is 0 Å². The lowest BCUT2D eigenvalue weighted by Crippen LogP contribution is -2.15. The number of nitrogens with two attached hydrogens (primary N) is 2. The van der Waals surface area contributed by atoms with Gasteiger partial charge in [0.15, 0.2) is 0 Å². The molecule has 0 aliphatic carbocycles. The quantitative estimate of drug-likeness (QED) is 0.699. The molecule has 1 rings (SSSR count). The van der Waals surface area contributed by atoms with Crippen LogP contribution in [0.3, 0.4) is 0 Å². The second-order valence-electron chi connectivity index (χ2n) is 2.88. The summed E-state index contributed by atoms with van der Waals surface area (Å²) in [5.74, 6) is 0.189. The maximum absolute atomic E-state index is 10.9. The van der Waals surface area contributed by atoms with E-state index in [-0.39, 0.29) is 5.75 Å². The number of primary sulfonamides is 1. The summed E-state index contributed by atoms with van der Waals surface area (Å²) in [5.41, 5.74) is 6.45. The summed E-state index contributed by atoms with van der Waals surface area (Å²) in [6.45, 7) is 0. The first-order chi connectivity index (χ1) is 6.42. The summed E-state index contributed by atoms with van der Waals surface area (Å²) in [4.78, 5) is 0. The van der Waals surface area contributed by atoms with E-state index in [0.29, 0.717) is 17.0 Å². The van der Waals surface area contributed by atoms with Crippen molar-refractivity contribution in [2.45, 2.75) is 5.75 Å². The van der Waals surface area contributed by atoms with Crippen LogP contribution in [0.4, 0.5) is 5.69 Å². The van der Waals surface area contributed by atoms with Crippen LogP contribution in [0.15, 0.2) is 18.2 Å². The second kappa shape index (κ2) is 3.85. The predicted octanol–water partition coefficient (Wildman–Crippen LogP) is 0.0659. The Hall–Kier alpha value is -1.27. The molecule has 1 aromatic carbocycles. The van der Waals surface area contributed by atoms with E-state index in [1.165, 1.54) is 13.2 Å². The van der Waals surface area contributed by atoms with Gasteiger partial charge in [0, 0.05) is 11.3 Å². The van der Waals surface area contributed by atoms with Crippen molar-refractivity contribution in [3.63, 3.8) is 0 Å². The molecule has 0 saturated carbocycles. The molecule has 0 spiro atoms. The highest BCUT2D eigenvalue weighted by Crippen LogP contribution is 2.22. The lowest BCUT2D eigenvalue weighted by molar-refractivity contribution is 0.411. The van der Waals surface area contributed by atoms with Crippen molar-refractivity contribution in [1.82, 2.24) is 0 Å². The molecule has 0 heterocycles. The van der Waals surface area contributed by atoms with Gasteiger partial charge in [0.05, 0.1) is 12.9 Å². The number of hydrogen-bond donors (Lipinski definition) is 2. The van der Waals surface area contributed by atoms with Crippen LogP contribution < -0.4 is 15.6 Å². The molecular weight excluding hydrogens is 204 g/mol. The summed E-state index contributed by atoms with van der Waals surface area (Å²) in [6.07, 6.45) is 0. The van der Waals surface area contributed by atoms with Crippen LogP contribution in [0, 0.1) is 0 Å². The zero-order chi connectivity index (χ0) is 10.8. The second-order valence-corrected chi connectivity index (χ2v) is 4.49. The molecule has 14 heavy (non-hydrogen) atoms. The zero-order valence-corrected chi connectivity index (χ0v) is 8.54. The first-order valence-electron chi connectivity index (χ1n) is 3.85. The van der Waals surface area contributed by atoms with Gasteiger partial charge in [-0.1, -0.05) is 0 Å². The number of rotatable bonds is 3. The van der Waals surface area contributed by atoms with E-state index in [9.17, 15) is 8.42 Å². The van der Waals surface area contributed by atoms with Gasteiger partial charge in [-0.3, -0.25) is 0 Å². The lowest BCUT2D eigenvalue weighted by Gasteiger charge is -2.07. The molecular formula is C8H12N2O3S. The highest BCUT2D eigenvalue weighted by atomic mass is 32.2. The average molecular weight is 216 g/mol. The van der Waals surface area contributed by atoms with Gasteiger partial charge in [-0.15, -0.1) is 0 Å². The van der Waals surface area contributed by atoms with Gasteiger partial charge in [-0.05, 0) is 18.2 Å². The summed E-state index contributed by atoms with van der Waals surface area (Å²) >= 11 is 0. The summed E-state index contributed by atoms with van der Waals surface area (Å²) in [5, 5.41) is 4.92. The number of benzene rings is 1. The fraction of sp³-hybridized carbons (Fsp3) is 0.250. The molecule has 0 amide bonds. The van der Waals surface area contributed by atoms with Crippen molar-refractivity contribution in [2.24, 2.45) is 5.14 Å². The Morgan fingerprint density at radius 1 is 1.43 bits per heavy atom. The van der Waals surface area contributed by atoms with Gasteiger partial charge in [0.1, 0.15) is 5.75 Å². The number of anilines is 1. The number of hydrogen-bond acceptors (Lipinski definition) is 4. The van der Waals surface area contributed by atoms with Crippen molar-refractivity contribution >= 4 is 15.7 Å². The molecule has 0 aromatic heterocycles. The van der Waals surface area contributed by atoms with E-state index in [0.717, 1.165) is 0 Å². The number of nitrogen functional groups attached to an aromatic ring is 1. The van der Waals surface area contributed by atoms with Gasteiger partial charge in [-0.2, -0.15) is 0 Å². The average Bonchev–Trinajstić information content (AvgIpc) is 2.01. The summed E-state index contributed by atoms with van der Waals surface area (Å²) in [7, 11) is -2.11. The van der Waals surface area contributed by atoms with Crippen LogP contribution >= 0.6 is 0 Å². The smallest absolute Gasteiger partial charge is 0.213 e. The van der Waals surface area contributed by atoms with E-state index in [1.807, 2.05) is 0 Å². The van der Waals surface area contributed by atoms with E-state index in [4.69, 9.17) is 15.6 Å². The van der Waals surface area contributed by atoms with Crippen LogP contribution in [0.1, 0.15) is 5.56 Å². The van der Waals surface area contributed by atoms with Gasteiger partial charge >= 0.3 is 0 Å². The van der Waals surface area contributed by atoms with Crippen molar-refractivity contribution in [2.75, 3.05) is 12.8 Å². The van der Waals surface area contributed by atoms with E-state index < -0.39 is 10.0 Å². The Morgan fingerprint density at radius 3 is 2.57 bits per heavy atom. The maximum atomic E-state index is 10.9. The first kappa shape index (κ1) is 10.8. The van der Waals surface area contributed by atoms with Crippen molar-refractivity contribution in [3.05, 3.63) is 23.8 Å². The Labute approximate surface area is 82.7 Å². The fourth-order valence-corrected chi connectivity index (χ4v) is 1.79. The highest BCUT2D eigenvalue weighted by Gasteiger charge is 2.10. The SMILES string of the molecule is COc1ccc(N)cc1CS(N)(=O)=O. The third-order valence-corrected chi connectivity index (χ3v) is 2.37. The molecule has 0 fully saturated rings. The normalized spacial score (nSPS) is 11.3. The van der Waals surface area contributed by atoms with Crippen LogP contribution in [0.25, 0.3) is 0 Å². The van der Waals surface area contributed by atoms with Gasteiger partial charge < -0.3 is 10.5 Å². The summed E-state index contributed by atoms with van der Waals surface area (Å²) in [6, 6.07) is 4.77. The third-order valence-electron chi connectivity index (χ3n) is 1.66. The van der Waals surface area contributed by atoms with Crippen LogP contribution in [-0.4, -0.2) is 15.5 Å². The number of methoxy groups -OCH3 is 1. The Balaban J connectivity index is 3.11. The van der Waals surface area contributed by atoms with E-state index >= 15 is 0 Å². The van der Waals surface area contributed by atoms with Crippen molar-refractivity contribution in [1.29, 1.82) is 0 Å². The molecule has 6 heteroatoms. The van der Waals surface area contributed by atoms with Crippen molar-refractivity contribution < 1.29 is 13.2 Å². The fourth-order valence-electron chi connectivity index (χ4n) is 1.13. The molecule has 5 nitrogen and oxygen atoms in total. The van der Waals surface area contributed by atoms with Crippen LogP contribution in [0.2, 0.25) is 0 Å². The number of ether oxygens (including phenoxy) is 1. The largest absolute Gasteiger partial charge is 0.496 e. The monoisotopic (exact) mass is 216 g/mol. The highest BCUT2D eigenvalue weighted by molar-refractivity contribution is 7.88. The van der Waals surface area contributed by atoms with Gasteiger partial charge in [-0.25, -0.2) is 13.6 Å². The van der Waals surface area contributed by atoms with Gasteiger partial charge in [0.2, 0.25) is 10.0 Å². The minimum absolute atomic E-state index is 0.277. The van der Waals surface area contributed by atoms with Crippen molar-refractivity contribution in [3.8, 4) is 5.75 Å². The predicted molar refractivity (Wildman–Crippen MR) is 54.2 cm³/mol. The molecule has 0 unspecified atom stereocenters. The molecule has 4 N–H and O–H groups in total.